The van der Waals surface area contributed by atoms with Crippen molar-refractivity contribution >= 4 is 28.3 Å². The first-order valence-corrected chi connectivity index (χ1v) is 7.20. The SMILES string of the molecule is CNCCNC(=O)c1cc(S(=O)(=O)N(C)C)oc1C.Cl. The van der Waals surface area contributed by atoms with Gasteiger partial charge in [0.15, 0.2) is 0 Å². The monoisotopic (exact) mass is 325 g/mol. The predicted octanol–water partition coefficient (Wildman–Crippen LogP) is 0.209. The standard InChI is InChI=1S/C11H19N3O4S.ClH/c1-8-9(11(15)13-6-5-12-2)7-10(18-8)19(16,17)14(3)4;/h7,12H,5-6H2,1-4H3,(H,13,15);1H. The Morgan fingerprint density at radius 3 is 2.45 bits per heavy atom. The second kappa shape index (κ2) is 7.63. The molecule has 1 aromatic heterocycles. The van der Waals surface area contributed by atoms with Crippen LogP contribution in [0.5, 0.6) is 0 Å². The highest BCUT2D eigenvalue weighted by Gasteiger charge is 2.25. The van der Waals surface area contributed by atoms with Gasteiger partial charge in [-0.3, -0.25) is 4.79 Å². The number of nitrogens with one attached hydrogen (secondary N) is 2. The molecule has 1 rings (SSSR count). The molecule has 0 saturated heterocycles. The third-order valence-electron chi connectivity index (χ3n) is 2.54. The van der Waals surface area contributed by atoms with Crippen LogP contribution in [0, 0.1) is 6.92 Å². The molecule has 0 unspecified atom stereocenters. The van der Waals surface area contributed by atoms with E-state index in [-0.39, 0.29) is 34.7 Å². The van der Waals surface area contributed by atoms with Gasteiger partial charge >= 0.3 is 0 Å². The molecule has 20 heavy (non-hydrogen) atoms. The summed E-state index contributed by atoms with van der Waals surface area (Å²) in [5, 5.41) is 5.33. The van der Waals surface area contributed by atoms with Crippen LogP contribution in [0.2, 0.25) is 0 Å². The van der Waals surface area contributed by atoms with Gasteiger partial charge < -0.3 is 15.1 Å². The van der Waals surface area contributed by atoms with E-state index in [1.54, 1.807) is 14.0 Å². The van der Waals surface area contributed by atoms with Gasteiger partial charge in [-0.1, -0.05) is 0 Å². The number of carbonyl (C=O) groups is 1. The van der Waals surface area contributed by atoms with Crippen LogP contribution in [0.25, 0.3) is 0 Å². The van der Waals surface area contributed by atoms with Crippen LogP contribution in [-0.2, 0) is 10.0 Å². The Morgan fingerprint density at radius 2 is 1.95 bits per heavy atom. The Kier molecular flexibility index (Phi) is 7.21. The van der Waals surface area contributed by atoms with Gasteiger partial charge in [0.05, 0.1) is 5.56 Å². The topological polar surface area (TPSA) is 91.6 Å². The maximum absolute atomic E-state index is 11.9. The van der Waals surface area contributed by atoms with Crippen molar-refractivity contribution in [1.29, 1.82) is 0 Å². The van der Waals surface area contributed by atoms with E-state index in [4.69, 9.17) is 4.42 Å². The number of hydrogen-bond donors (Lipinski definition) is 2. The molecular formula is C11H20ClN3O4S. The first kappa shape index (κ1) is 18.9. The third kappa shape index (κ3) is 4.20. The van der Waals surface area contributed by atoms with Crippen molar-refractivity contribution in [3.8, 4) is 0 Å². The maximum atomic E-state index is 11.9. The number of aryl methyl sites for hydroxylation is 1. The van der Waals surface area contributed by atoms with Gasteiger partial charge in [0, 0.05) is 33.3 Å². The van der Waals surface area contributed by atoms with Crippen molar-refractivity contribution in [2.45, 2.75) is 12.0 Å². The van der Waals surface area contributed by atoms with Crippen molar-refractivity contribution in [1.82, 2.24) is 14.9 Å². The largest absolute Gasteiger partial charge is 0.448 e. The van der Waals surface area contributed by atoms with Crippen LogP contribution in [0.15, 0.2) is 15.6 Å². The molecule has 0 saturated carbocycles. The second-order valence-electron chi connectivity index (χ2n) is 4.18. The number of hydrogen-bond acceptors (Lipinski definition) is 5. The number of halogens is 1. The molecule has 1 amide bonds. The summed E-state index contributed by atoms with van der Waals surface area (Å²) in [6, 6.07) is 1.25. The molecule has 0 bridgehead atoms. The normalized spacial score (nSPS) is 11.2. The van der Waals surface area contributed by atoms with Crippen LogP contribution in [0.3, 0.4) is 0 Å². The Balaban J connectivity index is 0.00000361. The van der Waals surface area contributed by atoms with E-state index in [1.807, 2.05) is 0 Å². The number of carbonyl (C=O) groups excluding carboxylic acids is 1. The highest BCUT2D eigenvalue weighted by atomic mass is 35.5. The lowest BCUT2D eigenvalue weighted by atomic mass is 10.2. The molecule has 0 fully saturated rings. The molecule has 2 N–H and O–H groups in total. The summed E-state index contributed by atoms with van der Waals surface area (Å²) in [6.45, 7) is 2.64. The van der Waals surface area contributed by atoms with E-state index >= 15 is 0 Å². The molecule has 0 aliphatic heterocycles. The summed E-state index contributed by atoms with van der Waals surface area (Å²) >= 11 is 0. The molecule has 0 spiro atoms. The van der Waals surface area contributed by atoms with Crippen LogP contribution < -0.4 is 10.6 Å². The van der Waals surface area contributed by atoms with E-state index in [0.717, 1.165) is 4.31 Å². The summed E-state index contributed by atoms with van der Waals surface area (Å²) < 4.78 is 29.9. The van der Waals surface area contributed by atoms with Crippen molar-refractivity contribution in [3.05, 3.63) is 17.4 Å². The van der Waals surface area contributed by atoms with Gasteiger partial charge in [-0.2, -0.15) is 0 Å². The quantitative estimate of drug-likeness (QED) is 0.729. The molecule has 9 heteroatoms. The zero-order valence-corrected chi connectivity index (χ0v) is 13.5. The summed E-state index contributed by atoms with van der Waals surface area (Å²) in [7, 11) is 0.917. The van der Waals surface area contributed by atoms with Crippen molar-refractivity contribution in [3.63, 3.8) is 0 Å². The fourth-order valence-corrected chi connectivity index (χ4v) is 2.24. The van der Waals surface area contributed by atoms with Crippen molar-refractivity contribution in [2.24, 2.45) is 0 Å². The highest BCUT2D eigenvalue weighted by molar-refractivity contribution is 7.88. The van der Waals surface area contributed by atoms with Crippen molar-refractivity contribution in [2.75, 3.05) is 34.2 Å². The number of rotatable bonds is 6. The van der Waals surface area contributed by atoms with Gasteiger partial charge in [0.25, 0.3) is 15.9 Å². The summed E-state index contributed by atoms with van der Waals surface area (Å²) in [6.07, 6.45) is 0. The first-order valence-electron chi connectivity index (χ1n) is 5.76. The number of amides is 1. The third-order valence-corrected chi connectivity index (χ3v) is 4.21. The molecule has 0 aromatic carbocycles. The summed E-state index contributed by atoms with van der Waals surface area (Å²) in [5.41, 5.74) is 0.233. The van der Waals surface area contributed by atoms with Crippen LogP contribution in [0.4, 0.5) is 0 Å². The molecule has 1 heterocycles. The van der Waals surface area contributed by atoms with Gasteiger partial charge in [-0.25, -0.2) is 12.7 Å². The Morgan fingerprint density at radius 1 is 1.35 bits per heavy atom. The lowest BCUT2D eigenvalue weighted by molar-refractivity contribution is 0.0952. The lowest BCUT2D eigenvalue weighted by Crippen LogP contribution is -2.30. The smallest absolute Gasteiger partial charge is 0.275 e. The minimum absolute atomic E-state index is 0. The number of likely N-dealkylation sites (N-methyl/N-ethyl adjacent to an activating group) is 1. The van der Waals surface area contributed by atoms with Gasteiger partial charge in [-0.05, 0) is 14.0 Å². The molecule has 7 nitrogen and oxygen atoms in total. The molecule has 116 valence electrons. The van der Waals surface area contributed by atoms with E-state index in [2.05, 4.69) is 10.6 Å². The first-order chi connectivity index (χ1) is 8.80. The molecule has 1 aromatic rings. The molecule has 0 aliphatic carbocycles. The summed E-state index contributed by atoms with van der Waals surface area (Å²) in [5.74, 6) is -0.0703. The number of furan rings is 1. The fourth-order valence-electron chi connectivity index (χ4n) is 1.38. The minimum atomic E-state index is -3.66. The van der Waals surface area contributed by atoms with Gasteiger partial charge in [0.1, 0.15) is 5.76 Å². The molecular weight excluding hydrogens is 306 g/mol. The second-order valence-corrected chi connectivity index (χ2v) is 6.26. The number of nitrogens with zero attached hydrogens (tertiary/aromatic N) is 1. The maximum Gasteiger partial charge on any atom is 0.275 e. The fraction of sp³-hybridized carbons (Fsp3) is 0.545. The zero-order chi connectivity index (χ0) is 14.6. The van der Waals surface area contributed by atoms with Crippen LogP contribution in [-0.4, -0.2) is 52.9 Å². The van der Waals surface area contributed by atoms with Crippen molar-refractivity contribution < 1.29 is 17.6 Å². The molecule has 0 aliphatic rings. The Labute approximate surface area is 125 Å². The van der Waals surface area contributed by atoms with Gasteiger partial charge in [0.2, 0.25) is 5.09 Å². The molecule has 0 atom stereocenters. The van der Waals surface area contributed by atoms with E-state index in [9.17, 15) is 13.2 Å². The summed E-state index contributed by atoms with van der Waals surface area (Å²) in [4.78, 5) is 11.8. The highest BCUT2D eigenvalue weighted by Crippen LogP contribution is 2.21. The minimum Gasteiger partial charge on any atom is -0.448 e. The zero-order valence-electron chi connectivity index (χ0n) is 11.9. The average molecular weight is 326 g/mol. The Bertz CT molecular complexity index is 554. The van der Waals surface area contributed by atoms with E-state index in [1.165, 1.54) is 20.2 Å². The molecule has 0 radical (unpaired) electrons. The van der Waals surface area contributed by atoms with E-state index < -0.39 is 10.0 Å². The van der Waals surface area contributed by atoms with Gasteiger partial charge in [-0.15, -0.1) is 12.4 Å². The Hall–Kier alpha value is -1.09. The predicted molar refractivity (Wildman–Crippen MR) is 77.8 cm³/mol. The van der Waals surface area contributed by atoms with Crippen LogP contribution >= 0.6 is 12.4 Å². The average Bonchev–Trinajstić information content (AvgIpc) is 2.72. The van der Waals surface area contributed by atoms with Crippen LogP contribution in [0.1, 0.15) is 16.1 Å². The van der Waals surface area contributed by atoms with E-state index in [0.29, 0.717) is 13.1 Å². The number of sulfonamides is 1. The lowest BCUT2D eigenvalue weighted by Gasteiger charge is -2.07.